The Morgan fingerprint density at radius 2 is 1.67 bits per heavy atom. The Hall–Kier alpha value is -1.37. The van der Waals surface area contributed by atoms with Crippen molar-refractivity contribution >= 4 is 23.2 Å². The Morgan fingerprint density at radius 1 is 1.12 bits per heavy atom. The predicted molar refractivity (Wildman–Crippen MR) is 83.8 cm³/mol. The number of carbonyl (C=O) groups excluding carboxylic acids is 1. The average molecular weight is 372 g/mol. The van der Waals surface area contributed by atoms with Crippen LogP contribution >= 0.6 is 11.6 Å². The molecule has 0 bridgehead atoms. The molecule has 1 aromatic carbocycles. The van der Waals surface area contributed by atoms with Crippen molar-refractivity contribution in [2.24, 2.45) is 0 Å². The normalized spacial score (nSPS) is 15.1. The second-order valence-electron chi connectivity index (χ2n) is 5.65. The molecular formula is C16H19ClF5NO. The van der Waals surface area contributed by atoms with Gasteiger partial charge in [0.05, 0.1) is 10.7 Å². The molecule has 0 radical (unpaired) electrons. The second kappa shape index (κ2) is 6.86. The number of anilines is 1. The van der Waals surface area contributed by atoms with E-state index >= 15 is 0 Å². The second-order valence-corrected chi connectivity index (χ2v) is 6.05. The van der Waals surface area contributed by atoms with Crippen LogP contribution in [0.5, 0.6) is 0 Å². The molecule has 0 aliphatic rings. The third kappa shape index (κ3) is 3.36. The van der Waals surface area contributed by atoms with Crippen LogP contribution in [0, 0.1) is 6.92 Å². The number of alkyl halides is 5. The van der Waals surface area contributed by atoms with Gasteiger partial charge in [0.15, 0.2) is 5.41 Å². The first kappa shape index (κ1) is 20.7. The van der Waals surface area contributed by atoms with E-state index in [0.717, 1.165) is 26.0 Å². The highest BCUT2D eigenvalue weighted by molar-refractivity contribution is 6.34. The van der Waals surface area contributed by atoms with Crippen molar-refractivity contribution in [1.82, 2.24) is 0 Å². The van der Waals surface area contributed by atoms with E-state index in [2.05, 4.69) is 5.32 Å². The summed E-state index contributed by atoms with van der Waals surface area (Å²) in [7, 11) is 0. The molecule has 1 unspecified atom stereocenters. The van der Waals surface area contributed by atoms with E-state index in [9.17, 15) is 26.7 Å². The lowest BCUT2D eigenvalue weighted by molar-refractivity contribution is -0.262. The fourth-order valence-corrected chi connectivity index (χ4v) is 3.19. The third-order valence-electron chi connectivity index (χ3n) is 4.16. The number of carbonyl (C=O) groups is 1. The fourth-order valence-electron chi connectivity index (χ4n) is 2.87. The summed E-state index contributed by atoms with van der Waals surface area (Å²) in [6, 6.07) is 1.87. The molecule has 1 aromatic rings. The van der Waals surface area contributed by atoms with Gasteiger partial charge in [-0.05, 0) is 30.5 Å². The minimum atomic E-state index is -5.17. The molecular weight excluding hydrogens is 353 g/mol. The Labute approximate surface area is 142 Å². The first-order valence-electron chi connectivity index (χ1n) is 7.36. The van der Waals surface area contributed by atoms with Gasteiger partial charge in [-0.25, -0.2) is 8.78 Å². The van der Waals surface area contributed by atoms with Crippen LogP contribution in [-0.2, 0) is 10.2 Å². The van der Waals surface area contributed by atoms with Crippen molar-refractivity contribution in [3.05, 3.63) is 28.3 Å². The quantitative estimate of drug-likeness (QED) is 0.645. The van der Waals surface area contributed by atoms with E-state index in [1.807, 2.05) is 0 Å². The van der Waals surface area contributed by atoms with Crippen LogP contribution in [-0.4, -0.2) is 18.0 Å². The van der Waals surface area contributed by atoms with Gasteiger partial charge in [-0.3, -0.25) is 4.79 Å². The fraction of sp³-hybridized carbons (Fsp3) is 0.562. The van der Waals surface area contributed by atoms with Gasteiger partial charge in [-0.15, -0.1) is 0 Å². The van der Waals surface area contributed by atoms with Gasteiger partial charge >= 0.3 is 6.18 Å². The van der Waals surface area contributed by atoms with Gasteiger partial charge in [-0.1, -0.05) is 31.5 Å². The minimum absolute atomic E-state index is 0.111. The number of hydrogen-bond donors (Lipinski definition) is 1. The van der Waals surface area contributed by atoms with Crippen molar-refractivity contribution in [1.29, 1.82) is 0 Å². The predicted octanol–water partition coefficient (Wildman–Crippen LogP) is 5.86. The largest absolute Gasteiger partial charge is 0.404 e. The molecule has 1 atom stereocenters. The van der Waals surface area contributed by atoms with Gasteiger partial charge in [-0.2, -0.15) is 13.2 Å². The SMILES string of the molecule is CCC(F)(F)C(CC)(c1cc(C)c(NC(C)=O)c(Cl)c1)C(F)(F)F. The first-order valence-corrected chi connectivity index (χ1v) is 7.74. The highest BCUT2D eigenvalue weighted by atomic mass is 35.5. The van der Waals surface area contributed by atoms with Gasteiger partial charge in [0.1, 0.15) is 0 Å². The van der Waals surface area contributed by atoms with Crippen LogP contribution in [0.3, 0.4) is 0 Å². The molecule has 8 heteroatoms. The molecule has 0 spiro atoms. The van der Waals surface area contributed by atoms with E-state index in [4.69, 9.17) is 11.6 Å². The summed E-state index contributed by atoms with van der Waals surface area (Å²) in [5.41, 5.74) is -3.67. The number of amides is 1. The molecule has 0 fully saturated rings. The highest BCUT2D eigenvalue weighted by Gasteiger charge is 2.68. The zero-order valence-corrected chi connectivity index (χ0v) is 14.5. The van der Waals surface area contributed by atoms with Crippen LogP contribution in [0.4, 0.5) is 27.6 Å². The van der Waals surface area contributed by atoms with Gasteiger partial charge in [0, 0.05) is 13.3 Å². The van der Waals surface area contributed by atoms with Crippen LogP contribution in [0.15, 0.2) is 12.1 Å². The number of halogens is 6. The Bertz CT molecular complexity index is 606. The summed E-state index contributed by atoms with van der Waals surface area (Å²) in [6.45, 7) is 4.70. The van der Waals surface area contributed by atoms with Gasteiger partial charge in [0.25, 0.3) is 5.92 Å². The Morgan fingerprint density at radius 3 is 2.00 bits per heavy atom. The number of aryl methyl sites for hydroxylation is 1. The number of hydrogen-bond acceptors (Lipinski definition) is 1. The lowest BCUT2D eigenvalue weighted by atomic mass is 9.70. The molecule has 0 saturated heterocycles. The van der Waals surface area contributed by atoms with E-state index in [-0.39, 0.29) is 16.3 Å². The molecule has 1 rings (SSSR count). The lowest BCUT2D eigenvalue weighted by Crippen LogP contribution is -2.55. The maximum atomic E-state index is 14.4. The lowest BCUT2D eigenvalue weighted by Gasteiger charge is -2.41. The molecule has 0 aromatic heterocycles. The Kier molecular flexibility index (Phi) is 5.91. The molecule has 2 nitrogen and oxygen atoms in total. The van der Waals surface area contributed by atoms with E-state index in [1.165, 1.54) is 13.8 Å². The molecule has 0 aliphatic heterocycles. The van der Waals surface area contributed by atoms with Crippen molar-refractivity contribution in [2.75, 3.05) is 5.32 Å². The summed E-state index contributed by atoms with van der Waals surface area (Å²) in [5.74, 6) is -4.48. The smallest absolute Gasteiger partial charge is 0.325 e. The summed E-state index contributed by atoms with van der Waals surface area (Å²) >= 11 is 5.96. The van der Waals surface area contributed by atoms with Crippen molar-refractivity contribution in [2.45, 2.75) is 58.1 Å². The molecule has 0 heterocycles. The summed E-state index contributed by atoms with van der Waals surface area (Å²) in [6.07, 6.45) is -6.98. The standard InChI is InChI=1S/C16H19ClF5NO/c1-5-14(16(20,21)22,15(18,19)6-2)11-7-9(3)13(12(17)8-11)23-10(4)24/h7-8H,5-6H2,1-4H3,(H,23,24). The van der Waals surface area contributed by atoms with E-state index in [1.54, 1.807) is 0 Å². The monoisotopic (exact) mass is 371 g/mol. The molecule has 1 amide bonds. The van der Waals surface area contributed by atoms with Crippen LogP contribution < -0.4 is 5.32 Å². The number of nitrogens with one attached hydrogen (secondary N) is 1. The summed E-state index contributed by atoms with van der Waals surface area (Å²) < 4.78 is 70.0. The van der Waals surface area contributed by atoms with E-state index in [0.29, 0.717) is 0 Å². The van der Waals surface area contributed by atoms with Gasteiger partial charge in [0.2, 0.25) is 5.91 Å². The maximum absolute atomic E-state index is 14.4. The topological polar surface area (TPSA) is 29.1 Å². The number of benzene rings is 1. The van der Waals surface area contributed by atoms with Crippen molar-refractivity contribution in [3.63, 3.8) is 0 Å². The third-order valence-corrected chi connectivity index (χ3v) is 4.46. The van der Waals surface area contributed by atoms with Crippen molar-refractivity contribution < 1.29 is 26.7 Å². The van der Waals surface area contributed by atoms with Crippen LogP contribution in [0.25, 0.3) is 0 Å². The summed E-state index contributed by atoms with van der Waals surface area (Å²) in [4.78, 5) is 11.2. The average Bonchev–Trinajstić information content (AvgIpc) is 2.42. The molecule has 136 valence electrons. The van der Waals surface area contributed by atoms with Crippen LogP contribution in [0.2, 0.25) is 5.02 Å². The first-order chi connectivity index (χ1) is 10.8. The van der Waals surface area contributed by atoms with Crippen LogP contribution in [0.1, 0.15) is 44.7 Å². The van der Waals surface area contributed by atoms with E-state index < -0.39 is 41.8 Å². The highest BCUT2D eigenvalue weighted by Crippen LogP contribution is 2.55. The molecule has 1 N–H and O–H groups in total. The Balaban J connectivity index is 3.71. The maximum Gasteiger partial charge on any atom is 0.404 e. The number of rotatable bonds is 5. The molecule has 0 aliphatic carbocycles. The zero-order chi connectivity index (χ0) is 18.9. The molecule has 0 saturated carbocycles. The minimum Gasteiger partial charge on any atom is -0.325 e. The zero-order valence-electron chi connectivity index (χ0n) is 13.7. The summed E-state index contributed by atoms with van der Waals surface area (Å²) in [5, 5.41) is 2.18. The van der Waals surface area contributed by atoms with Gasteiger partial charge < -0.3 is 5.32 Å². The molecule has 24 heavy (non-hydrogen) atoms. The van der Waals surface area contributed by atoms with Crippen molar-refractivity contribution in [3.8, 4) is 0 Å².